The standard InChI is InChI=1S/C14H19N3OS/c1-4-7-15-9-12-5-6-13(8-10(12)2)19-14-17-16-11(3)18-14/h5-6,8,15H,4,7,9H2,1-3H3. The largest absolute Gasteiger partial charge is 0.416 e. The number of nitrogens with one attached hydrogen (secondary N) is 1. The summed E-state index contributed by atoms with van der Waals surface area (Å²) in [6.45, 7) is 8.07. The Labute approximate surface area is 118 Å². The van der Waals surface area contributed by atoms with Crippen molar-refractivity contribution >= 4 is 11.8 Å². The van der Waals surface area contributed by atoms with E-state index in [0.717, 1.165) is 24.4 Å². The van der Waals surface area contributed by atoms with Crippen LogP contribution < -0.4 is 5.32 Å². The van der Waals surface area contributed by atoms with Gasteiger partial charge in [0.2, 0.25) is 5.89 Å². The smallest absolute Gasteiger partial charge is 0.281 e. The molecule has 19 heavy (non-hydrogen) atoms. The number of aromatic nitrogens is 2. The van der Waals surface area contributed by atoms with Gasteiger partial charge < -0.3 is 9.73 Å². The molecule has 0 bridgehead atoms. The molecule has 0 fully saturated rings. The Morgan fingerprint density at radius 2 is 2.11 bits per heavy atom. The summed E-state index contributed by atoms with van der Waals surface area (Å²) in [6.07, 6.45) is 1.16. The normalized spacial score (nSPS) is 10.9. The third-order valence-electron chi connectivity index (χ3n) is 2.77. The summed E-state index contributed by atoms with van der Waals surface area (Å²) in [6, 6.07) is 6.41. The molecule has 0 saturated heterocycles. The highest BCUT2D eigenvalue weighted by atomic mass is 32.2. The van der Waals surface area contributed by atoms with E-state index in [0.29, 0.717) is 11.1 Å². The Bertz CT molecular complexity index is 539. The van der Waals surface area contributed by atoms with Crippen molar-refractivity contribution in [2.24, 2.45) is 0 Å². The second-order valence-corrected chi connectivity index (χ2v) is 5.48. The average Bonchev–Trinajstić information content (AvgIpc) is 2.78. The predicted molar refractivity (Wildman–Crippen MR) is 76.3 cm³/mol. The summed E-state index contributed by atoms with van der Waals surface area (Å²) >= 11 is 1.50. The highest BCUT2D eigenvalue weighted by Gasteiger charge is 2.06. The van der Waals surface area contributed by atoms with E-state index in [1.54, 1.807) is 6.92 Å². The van der Waals surface area contributed by atoms with Gasteiger partial charge in [-0.1, -0.05) is 13.0 Å². The first kappa shape index (κ1) is 14.1. The molecule has 1 aromatic heterocycles. The van der Waals surface area contributed by atoms with Crippen LogP contribution in [0.2, 0.25) is 0 Å². The zero-order valence-corrected chi connectivity index (χ0v) is 12.4. The Morgan fingerprint density at radius 1 is 1.26 bits per heavy atom. The van der Waals surface area contributed by atoms with Crippen LogP contribution in [-0.2, 0) is 6.54 Å². The first-order valence-electron chi connectivity index (χ1n) is 6.47. The lowest BCUT2D eigenvalue weighted by molar-refractivity contribution is 0.429. The molecule has 1 aromatic carbocycles. The number of aryl methyl sites for hydroxylation is 2. The Hall–Kier alpha value is -1.33. The van der Waals surface area contributed by atoms with Crippen LogP contribution in [0.1, 0.15) is 30.4 Å². The number of hydrogen-bond acceptors (Lipinski definition) is 5. The van der Waals surface area contributed by atoms with E-state index in [1.165, 1.54) is 22.9 Å². The molecule has 102 valence electrons. The number of rotatable bonds is 6. The summed E-state index contributed by atoms with van der Waals surface area (Å²) in [5, 5.41) is 11.8. The van der Waals surface area contributed by atoms with Crippen molar-refractivity contribution in [3.8, 4) is 0 Å². The van der Waals surface area contributed by atoms with E-state index in [-0.39, 0.29) is 0 Å². The van der Waals surface area contributed by atoms with Crippen molar-refractivity contribution in [3.63, 3.8) is 0 Å². The zero-order valence-electron chi connectivity index (χ0n) is 11.6. The molecule has 0 atom stereocenters. The highest BCUT2D eigenvalue weighted by Crippen LogP contribution is 2.27. The van der Waals surface area contributed by atoms with Crippen molar-refractivity contribution in [2.45, 2.75) is 43.9 Å². The molecule has 4 nitrogen and oxygen atoms in total. The van der Waals surface area contributed by atoms with Crippen LogP contribution in [0.4, 0.5) is 0 Å². The molecule has 0 saturated carbocycles. The molecule has 0 aliphatic rings. The van der Waals surface area contributed by atoms with Crippen LogP contribution in [0, 0.1) is 13.8 Å². The minimum Gasteiger partial charge on any atom is -0.416 e. The first-order chi connectivity index (χ1) is 9.19. The average molecular weight is 277 g/mol. The number of hydrogen-bond donors (Lipinski definition) is 1. The van der Waals surface area contributed by atoms with Crippen molar-refractivity contribution in [2.75, 3.05) is 6.54 Å². The van der Waals surface area contributed by atoms with Gasteiger partial charge in [0.05, 0.1) is 0 Å². The molecule has 0 spiro atoms. The molecule has 1 heterocycles. The van der Waals surface area contributed by atoms with Crippen LogP contribution in [0.15, 0.2) is 32.7 Å². The van der Waals surface area contributed by atoms with Crippen molar-refractivity contribution in [1.29, 1.82) is 0 Å². The van der Waals surface area contributed by atoms with Gasteiger partial charge in [0.1, 0.15) is 0 Å². The molecule has 2 aromatic rings. The summed E-state index contributed by atoms with van der Waals surface area (Å²) < 4.78 is 5.37. The van der Waals surface area contributed by atoms with Gasteiger partial charge in [-0.2, -0.15) is 0 Å². The Balaban J connectivity index is 2.01. The van der Waals surface area contributed by atoms with Gasteiger partial charge >= 0.3 is 0 Å². The van der Waals surface area contributed by atoms with Crippen LogP contribution in [-0.4, -0.2) is 16.7 Å². The lowest BCUT2D eigenvalue weighted by Crippen LogP contribution is -2.14. The van der Waals surface area contributed by atoms with Crippen molar-refractivity contribution < 1.29 is 4.42 Å². The molecule has 5 heteroatoms. The van der Waals surface area contributed by atoms with Gasteiger partial charge in [0, 0.05) is 18.4 Å². The molecule has 0 aliphatic carbocycles. The molecule has 0 radical (unpaired) electrons. The van der Waals surface area contributed by atoms with Gasteiger partial charge in [0.15, 0.2) is 0 Å². The summed E-state index contributed by atoms with van der Waals surface area (Å²) in [4.78, 5) is 1.13. The number of nitrogens with zero attached hydrogens (tertiary/aromatic N) is 2. The fourth-order valence-corrected chi connectivity index (χ4v) is 2.57. The minimum atomic E-state index is 0.591. The highest BCUT2D eigenvalue weighted by molar-refractivity contribution is 7.99. The lowest BCUT2D eigenvalue weighted by atomic mass is 10.1. The molecule has 2 rings (SSSR count). The third-order valence-corrected chi connectivity index (χ3v) is 3.60. The van der Waals surface area contributed by atoms with Gasteiger partial charge in [-0.3, -0.25) is 0 Å². The fourth-order valence-electron chi connectivity index (χ4n) is 1.75. The maximum absolute atomic E-state index is 5.37. The van der Waals surface area contributed by atoms with E-state index in [9.17, 15) is 0 Å². The Kier molecular flexibility index (Phi) is 4.99. The molecule has 0 aliphatic heterocycles. The minimum absolute atomic E-state index is 0.591. The molecule has 0 amide bonds. The predicted octanol–water partition coefficient (Wildman–Crippen LogP) is 3.34. The second-order valence-electron chi connectivity index (χ2n) is 4.45. The summed E-state index contributed by atoms with van der Waals surface area (Å²) in [5.74, 6) is 0.597. The molecular formula is C14H19N3OS. The van der Waals surface area contributed by atoms with E-state index in [4.69, 9.17) is 4.42 Å². The Morgan fingerprint density at radius 3 is 2.74 bits per heavy atom. The lowest BCUT2D eigenvalue weighted by Gasteiger charge is -2.08. The van der Waals surface area contributed by atoms with Gasteiger partial charge in [-0.25, -0.2) is 0 Å². The van der Waals surface area contributed by atoms with E-state index >= 15 is 0 Å². The number of benzene rings is 1. The summed E-state index contributed by atoms with van der Waals surface area (Å²) in [5.41, 5.74) is 2.62. The molecular weight excluding hydrogens is 258 g/mol. The molecule has 1 N–H and O–H groups in total. The topological polar surface area (TPSA) is 51.0 Å². The maximum Gasteiger partial charge on any atom is 0.281 e. The van der Waals surface area contributed by atoms with Crippen molar-refractivity contribution in [1.82, 2.24) is 15.5 Å². The molecule has 0 unspecified atom stereocenters. The van der Waals surface area contributed by atoms with Crippen LogP contribution in [0.5, 0.6) is 0 Å². The third kappa shape index (κ3) is 4.08. The SMILES string of the molecule is CCCNCc1ccc(Sc2nnc(C)o2)cc1C. The maximum atomic E-state index is 5.37. The van der Waals surface area contributed by atoms with Gasteiger partial charge in [-0.05, 0) is 54.9 Å². The van der Waals surface area contributed by atoms with Crippen LogP contribution in [0.25, 0.3) is 0 Å². The van der Waals surface area contributed by atoms with Crippen LogP contribution in [0.3, 0.4) is 0 Å². The van der Waals surface area contributed by atoms with Crippen molar-refractivity contribution in [3.05, 3.63) is 35.2 Å². The van der Waals surface area contributed by atoms with Gasteiger partial charge in [-0.15, -0.1) is 10.2 Å². The first-order valence-corrected chi connectivity index (χ1v) is 7.29. The second kappa shape index (κ2) is 6.73. The quantitative estimate of drug-likeness (QED) is 0.821. The van der Waals surface area contributed by atoms with Crippen LogP contribution >= 0.6 is 11.8 Å². The monoisotopic (exact) mass is 277 g/mol. The summed E-state index contributed by atoms with van der Waals surface area (Å²) in [7, 11) is 0. The van der Waals surface area contributed by atoms with E-state index in [1.807, 2.05) is 0 Å². The zero-order chi connectivity index (χ0) is 13.7. The van der Waals surface area contributed by atoms with E-state index < -0.39 is 0 Å². The fraction of sp³-hybridized carbons (Fsp3) is 0.429. The van der Waals surface area contributed by atoms with Gasteiger partial charge in [0.25, 0.3) is 5.22 Å². The van der Waals surface area contributed by atoms with E-state index in [2.05, 4.69) is 47.6 Å².